The molecule has 3 nitrogen and oxygen atoms in total. The van der Waals surface area contributed by atoms with Crippen LogP contribution in [0, 0.1) is 0 Å². The van der Waals surface area contributed by atoms with Gasteiger partial charge in [0.2, 0.25) is 0 Å². The summed E-state index contributed by atoms with van der Waals surface area (Å²) in [6, 6.07) is 63.5. The first-order chi connectivity index (χ1) is 27.3. The second-order valence-corrected chi connectivity index (χ2v) is 14.4. The maximum absolute atomic E-state index is 6.39. The summed E-state index contributed by atoms with van der Waals surface area (Å²) < 4.78 is 8.89. The Labute approximate surface area is 319 Å². The van der Waals surface area contributed by atoms with E-state index in [0.717, 1.165) is 57.4 Å². The van der Waals surface area contributed by atoms with Crippen molar-refractivity contribution in [2.24, 2.45) is 0 Å². The Morgan fingerprint density at radius 1 is 0.491 bits per heavy atom. The molecule has 0 atom stereocenters. The summed E-state index contributed by atoms with van der Waals surface area (Å²) in [5, 5.41) is 7.29. The number of hydrogen-bond acceptors (Lipinski definition) is 2. The highest BCUT2D eigenvalue weighted by atomic mass is 16.3. The average Bonchev–Trinajstić information content (AvgIpc) is 3.81. The molecule has 3 heteroatoms. The van der Waals surface area contributed by atoms with Crippen molar-refractivity contribution in [2.45, 2.75) is 12.8 Å². The zero-order chi connectivity index (χ0) is 36.3. The smallest absolute Gasteiger partial charge is 0.137 e. The maximum Gasteiger partial charge on any atom is 0.137 e. The van der Waals surface area contributed by atoms with E-state index < -0.39 is 0 Å². The highest BCUT2D eigenvalue weighted by Gasteiger charge is 2.21. The van der Waals surface area contributed by atoms with Crippen LogP contribution in [0.4, 0.5) is 17.1 Å². The molecule has 10 aromatic rings. The highest BCUT2D eigenvalue weighted by Crippen LogP contribution is 2.45. The zero-order valence-electron chi connectivity index (χ0n) is 30.2. The van der Waals surface area contributed by atoms with Gasteiger partial charge in [-0.05, 0) is 101 Å². The second kappa shape index (κ2) is 12.8. The Morgan fingerprint density at radius 3 is 2.07 bits per heavy atom. The fraction of sp³-hybridized carbons (Fsp3) is 0.0385. The third kappa shape index (κ3) is 5.20. The van der Waals surface area contributed by atoms with Gasteiger partial charge < -0.3 is 13.9 Å². The minimum atomic E-state index is 0.874. The molecule has 0 saturated carbocycles. The van der Waals surface area contributed by atoms with E-state index in [1.54, 1.807) is 0 Å². The number of benzene rings is 8. The Hall–Kier alpha value is -7.10. The summed E-state index contributed by atoms with van der Waals surface area (Å²) in [6.07, 6.45) is 8.83. The minimum Gasteiger partial charge on any atom is -0.456 e. The highest BCUT2D eigenvalue weighted by molar-refractivity contribution is 6.19. The van der Waals surface area contributed by atoms with Crippen LogP contribution in [0.1, 0.15) is 12.8 Å². The van der Waals surface area contributed by atoms with Crippen LogP contribution in [0.15, 0.2) is 199 Å². The van der Waals surface area contributed by atoms with Gasteiger partial charge in [0.1, 0.15) is 11.2 Å². The fourth-order valence-corrected chi connectivity index (χ4v) is 8.67. The predicted molar refractivity (Wildman–Crippen MR) is 232 cm³/mol. The van der Waals surface area contributed by atoms with Gasteiger partial charge in [0.15, 0.2) is 0 Å². The molecule has 0 aliphatic heterocycles. The van der Waals surface area contributed by atoms with E-state index >= 15 is 0 Å². The lowest BCUT2D eigenvalue weighted by atomic mass is 9.98. The van der Waals surface area contributed by atoms with E-state index in [2.05, 4.69) is 198 Å². The largest absolute Gasteiger partial charge is 0.456 e. The molecule has 0 radical (unpaired) electrons. The minimum absolute atomic E-state index is 0.874. The zero-order valence-corrected chi connectivity index (χ0v) is 30.2. The summed E-state index contributed by atoms with van der Waals surface area (Å²) in [6.45, 7) is 0. The number of para-hydroxylation sites is 2. The molecule has 0 fully saturated rings. The monoisotopic (exact) mass is 704 g/mol. The topological polar surface area (TPSA) is 21.3 Å². The molecule has 260 valence electrons. The molecule has 0 spiro atoms. The van der Waals surface area contributed by atoms with E-state index in [-0.39, 0.29) is 0 Å². The summed E-state index contributed by atoms with van der Waals surface area (Å²) in [7, 11) is 0. The molecule has 1 aliphatic carbocycles. The van der Waals surface area contributed by atoms with Gasteiger partial charge in [0.05, 0.1) is 22.1 Å². The van der Waals surface area contributed by atoms with Gasteiger partial charge >= 0.3 is 0 Å². The lowest BCUT2D eigenvalue weighted by Gasteiger charge is -2.27. The van der Waals surface area contributed by atoms with E-state index in [9.17, 15) is 0 Å². The van der Waals surface area contributed by atoms with E-state index in [0.29, 0.717) is 0 Å². The number of fused-ring (bicyclic) bond motifs is 8. The van der Waals surface area contributed by atoms with Crippen LogP contribution in [-0.4, -0.2) is 4.57 Å². The summed E-state index contributed by atoms with van der Waals surface area (Å²) in [4.78, 5) is 2.37. The van der Waals surface area contributed by atoms with Gasteiger partial charge in [0, 0.05) is 38.6 Å². The fourth-order valence-electron chi connectivity index (χ4n) is 8.67. The third-order valence-corrected chi connectivity index (χ3v) is 11.2. The standard InChI is InChI=1S/C52H36N2O/c1-3-13-35(14-4-1)36-25-29-41(30-26-36)53(48-22-12-24-50-51(48)46-20-8-10-23-49(46)55-50)42-18-11-15-37(34-42)38-27-31-43-39(33-38)28-32-45-44-19-7-9-21-47(44)54(52(43)45)40-16-5-2-6-17-40/h1-5,7-16,18-34H,6,17H2. The van der Waals surface area contributed by atoms with Crippen LogP contribution in [0.5, 0.6) is 0 Å². The van der Waals surface area contributed by atoms with Crippen LogP contribution >= 0.6 is 0 Å². The van der Waals surface area contributed by atoms with E-state index in [1.165, 1.54) is 55.0 Å². The first kappa shape index (κ1) is 31.4. The van der Waals surface area contributed by atoms with Gasteiger partial charge in [-0.1, -0.05) is 133 Å². The van der Waals surface area contributed by atoms with Crippen molar-refractivity contribution in [3.05, 3.63) is 194 Å². The number of hydrogen-bond donors (Lipinski definition) is 0. The Bertz CT molecular complexity index is 3140. The van der Waals surface area contributed by atoms with Crippen molar-refractivity contribution in [1.29, 1.82) is 0 Å². The van der Waals surface area contributed by atoms with Crippen molar-refractivity contribution in [2.75, 3.05) is 4.90 Å². The molecule has 55 heavy (non-hydrogen) atoms. The van der Waals surface area contributed by atoms with E-state index in [1.807, 2.05) is 6.07 Å². The molecule has 0 bridgehead atoms. The van der Waals surface area contributed by atoms with Gasteiger partial charge in [-0.3, -0.25) is 0 Å². The maximum atomic E-state index is 6.39. The first-order valence-electron chi connectivity index (χ1n) is 19.1. The van der Waals surface area contributed by atoms with Crippen molar-refractivity contribution in [1.82, 2.24) is 4.57 Å². The summed E-state index contributed by atoms with van der Waals surface area (Å²) in [5.41, 5.74) is 13.6. The first-order valence-corrected chi connectivity index (χ1v) is 19.1. The number of allylic oxidation sites excluding steroid dienone is 4. The molecule has 11 rings (SSSR count). The third-order valence-electron chi connectivity index (χ3n) is 11.2. The molecule has 0 unspecified atom stereocenters. The number of anilines is 3. The van der Waals surface area contributed by atoms with Crippen LogP contribution in [0.2, 0.25) is 0 Å². The average molecular weight is 705 g/mol. The Balaban J connectivity index is 1.07. The molecular formula is C52H36N2O. The molecular weight excluding hydrogens is 669 g/mol. The number of nitrogens with zero attached hydrogens (tertiary/aromatic N) is 2. The molecule has 2 heterocycles. The van der Waals surface area contributed by atoms with Crippen molar-refractivity contribution >= 4 is 77.3 Å². The molecule has 8 aromatic carbocycles. The Kier molecular flexibility index (Phi) is 7.31. The van der Waals surface area contributed by atoms with Crippen molar-refractivity contribution in [3.63, 3.8) is 0 Å². The SMILES string of the molecule is C1=CCCC(n2c3ccccc3c3ccc4cc(-c5cccc(N(c6ccc(-c7ccccc7)cc6)c6cccc7oc8ccccc8c67)c5)ccc4c32)=C1. The van der Waals surface area contributed by atoms with E-state index in [4.69, 9.17) is 4.42 Å². The molecule has 0 N–H and O–H groups in total. The lowest BCUT2D eigenvalue weighted by Crippen LogP contribution is -2.10. The summed E-state index contributed by atoms with van der Waals surface area (Å²) >= 11 is 0. The second-order valence-electron chi connectivity index (χ2n) is 14.4. The number of rotatable bonds is 6. The predicted octanol–water partition coefficient (Wildman–Crippen LogP) is 14.8. The molecule has 1 aliphatic rings. The van der Waals surface area contributed by atoms with Gasteiger partial charge in [0.25, 0.3) is 0 Å². The molecule has 2 aromatic heterocycles. The van der Waals surface area contributed by atoms with Crippen LogP contribution in [-0.2, 0) is 0 Å². The normalized spacial score (nSPS) is 13.0. The van der Waals surface area contributed by atoms with Gasteiger partial charge in [-0.15, -0.1) is 0 Å². The van der Waals surface area contributed by atoms with Gasteiger partial charge in [-0.2, -0.15) is 0 Å². The van der Waals surface area contributed by atoms with Crippen molar-refractivity contribution in [3.8, 4) is 22.3 Å². The Morgan fingerprint density at radius 2 is 1.20 bits per heavy atom. The lowest BCUT2D eigenvalue weighted by molar-refractivity contribution is 0.669. The summed E-state index contributed by atoms with van der Waals surface area (Å²) in [5.74, 6) is 0. The van der Waals surface area contributed by atoms with Gasteiger partial charge in [-0.25, -0.2) is 0 Å². The quantitative estimate of drug-likeness (QED) is 0.172. The van der Waals surface area contributed by atoms with Crippen molar-refractivity contribution < 1.29 is 4.42 Å². The number of aromatic nitrogens is 1. The number of furan rings is 1. The molecule has 0 saturated heterocycles. The van der Waals surface area contributed by atoms with Crippen LogP contribution in [0.3, 0.4) is 0 Å². The van der Waals surface area contributed by atoms with Crippen LogP contribution < -0.4 is 4.90 Å². The molecule has 0 amide bonds. The van der Waals surface area contributed by atoms with Crippen LogP contribution in [0.25, 0.3) is 82.5 Å².